The molecule has 102 valence electrons. The first-order chi connectivity index (χ1) is 9.65. The second-order valence-electron chi connectivity index (χ2n) is 4.63. The van der Waals surface area contributed by atoms with Crippen molar-refractivity contribution < 1.29 is 9.50 Å². The highest BCUT2D eigenvalue weighted by molar-refractivity contribution is 6.31. The molecule has 1 atom stereocenters. The predicted octanol–water partition coefficient (Wildman–Crippen LogP) is 3.62. The number of phenols is 1. The van der Waals surface area contributed by atoms with Crippen molar-refractivity contribution in [2.45, 2.75) is 12.5 Å². The van der Waals surface area contributed by atoms with Crippen molar-refractivity contribution >= 4 is 17.3 Å². The van der Waals surface area contributed by atoms with Crippen molar-refractivity contribution in [3.8, 4) is 5.75 Å². The highest BCUT2D eigenvalue weighted by Crippen LogP contribution is 2.30. The molecule has 0 saturated heterocycles. The molecule has 20 heavy (non-hydrogen) atoms. The Morgan fingerprint density at radius 1 is 1.25 bits per heavy atom. The Morgan fingerprint density at radius 3 is 2.85 bits per heavy atom. The molecule has 1 unspecified atom stereocenters. The van der Waals surface area contributed by atoms with E-state index in [1.165, 1.54) is 12.1 Å². The SMILES string of the molecule is Oc1ccc(Cl)cc1C1=NNC(c2ccccc2F)C1. The first-order valence-corrected chi connectivity index (χ1v) is 6.58. The van der Waals surface area contributed by atoms with Gasteiger partial charge < -0.3 is 10.5 Å². The molecule has 0 spiro atoms. The average molecular weight is 291 g/mol. The molecule has 0 aromatic heterocycles. The molecule has 1 aliphatic rings. The lowest BCUT2D eigenvalue weighted by atomic mass is 9.98. The second-order valence-corrected chi connectivity index (χ2v) is 5.06. The zero-order valence-corrected chi connectivity index (χ0v) is 11.2. The van der Waals surface area contributed by atoms with E-state index in [1.54, 1.807) is 30.3 Å². The number of nitrogens with one attached hydrogen (secondary N) is 1. The van der Waals surface area contributed by atoms with Gasteiger partial charge in [-0.25, -0.2) is 4.39 Å². The van der Waals surface area contributed by atoms with Crippen molar-refractivity contribution in [2.24, 2.45) is 5.10 Å². The Bertz CT molecular complexity index is 687. The monoisotopic (exact) mass is 290 g/mol. The van der Waals surface area contributed by atoms with Crippen LogP contribution in [0.3, 0.4) is 0 Å². The van der Waals surface area contributed by atoms with Gasteiger partial charge in [-0.05, 0) is 24.3 Å². The summed E-state index contributed by atoms with van der Waals surface area (Å²) in [5.41, 5.74) is 4.70. The van der Waals surface area contributed by atoms with Crippen molar-refractivity contribution in [3.63, 3.8) is 0 Å². The summed E-state index contributed by atoms with van der Waals surface area (Å²) in [5.74, 6) is -0.152. The number of halogens is 2. The quantitative estimate of drug-likeness (QED) is 0.887. The van der Waals surface area contributed by atoms with Crippen LogP contribution in [0.4, 0.5) is 4.39 Å². The summed E-state index contributed by atoms with van der Waals surface area (Å²) < 4.78 is 13.8. The number of hydrazone groups is 1. The maximum atomic E-state index is 13.8. The minimum Gasteiger partial charge on any atom is -0.507 e. The second kappa shape index (κ2) is 5.13. The van der Waals surface area contributed by atoms with Gasteiger partial charge in [0, 0.05) is 22.6 Å². The number of nitrogens with zero attached hydrogens (tertiary/aromatic N) is 1. The molecule has 2 aromatic rings. The van der Waals surface area contributed by atoms with Crippen LogP contribution in [-0.2, 0) is 0 Å². The van der Waals surface area contributed by atoms with E-state index in [9.17, 15) is 9.50 Å². The number of hydrogen-bond acceptors (Lipinski definition) is 3. The summed E-state index contributed by atoms with van der Waals surface area (Å²) in [7, 11) is 0. The largest absolute Gasteiger partial charge is 0.507 e. The molecule has 5 heteroatoms. The third kappa shape index (κ3) is 2.34. The van der Waals surface area contributed by atoms with E-state index in [4.69, 9.17) is 11.6 Å². The molecule has 0 radical (unpaired) electrons. The van der Waals surface area contributed by atoms with Crippen molar-refractivity contribution in [1.82, 2.24) is 5.43 Å². The first-order valence-electron chi connectivity index (χ1n) is 6.20. The lowest BCUT2D eigenvalue weighted by Crippen LogP contribution is -2.11. The summed E-state index contributed by atoms with van der Waals surface area (Å²) in [6.07, 6.45) is 0.495. The summed E-state index contributed by atoms with van der Waals surface area (Å²) in [6.45, 7) is 0. The zero-order valence-electron chi connectivity index (χ0n) is 10.5. The van der Waals surface area contributed by atoms with E-state index in [2.05, 4.69) is 10.5 Å². The molecule has 2 N–H and O–H groups in total. The van der Waals surface area contributed by atoms with E-state index in [0.717, 1.165) is 0 Å². The smallest absolute Gasteiger partial charge is 0.128 e. The maximum Gasteiger partial charge on any atom is 0.128 e. The van der Waals surface area contributed by atoms with Gasteiger partial charge in [-0.3, -0.25) is 0 Å². The van der Waals surface area contributed by atoms with Gasteiger partial charge in [0.1, 0.15) is 11.6 Å². The Balaban J connectivity index is 1.86. The number of benzene rings is 2. The molecule has 2 aromatic carbocycles. The third-order valence-electron chi connectivity index (χ3n) is 3.30. The van der Waals surface area contributed by atoms with Crippen LogP contribution >= 0.6 is 11.6 Å². The molecule has 3 nitrogen and oxygen atoms in total. The van der Waals surface area contributed by atoms with Crippen LogP contribution in [0, 0.1) is 5.82 Å². The van der Waals surface area contributed by atoms with Gasteiger partial charge in [-0.15, -0.1) is 0 Å². The standard InChI is InChI=1S/C15H12ClFN2O/c16-9-5-6-15(20)11(7-9)14-8-13(18-19-14)10-3-1-2-4-12(10)17/h1-7,13,18,20H,8H2. The van der Waals surface area contributed by atoms with Gasteiger partial charge in [0.15, 0.2) is 0 Å². The molecular weight excluding hydrogens is 279 g/mol. The van der Waals surface area contributed by atoms with Gasteiger partial charge in [0.25, 0.3) is 0 Å². The molecule has 0 amide bonds. The van der Waals surface area contributed by atoms with Crippen molar-refractivity contribution in [1.29, 1.82) is 0 Å². The molecular formula is C15H12ClFN2O. The topological polar surface area (TPSA) is 44.6 Å². The van der Waals surface area contributed by atoms with Crippen LogP contribution in [0.25, 0.3) is 0 Å². The van der Waals surface area contributed by atoms with Crippen molar-refractivity contribution in [2.75, 3.05) is 0 Å². The lowest BCUT2D eigenvalue weighted by Gasteiger charge is -2.11. The maximum absolute atomic E-state index is 13.8. The number of aromatic hydroxyl groups is 1. The molecule has 0 fully saturated rings. The van der Waals surface area contributed by atoms with Crippen LogP contribution in [-0.4, -0.2) is 10.8 Å². The molecule has 1 heterocycles. The fourth-order valence-corrected chi connectivity index (χ4v) is 2.46. The highest BCUT2D eigenvalue weighted by Gasteiger charge is 2.24. The van der Waals surface area contributed by atoms with Crippen LogP contribution < -0.4 is 5.43 Å². The Kier molecular flexibility index (Phi) is 3.32. The lowest BCUT2D eigenvalue weighted by molar-refractivity contribution is 0.474. The number of phenolic OH excluding ortho intramolecular Hbond substituents is 1. The predicted molar refractivity (Wildman–Crippen MR) is 76.5 cm³/mol. The van der Waals surface area contributed by atoms with E-state index < -0.39 is 0 Å². The summed E-state index contributed by atoms with van der Waals surface area (Å²) >= 11 is 5.93. The summed E-state index contributed by atoms with van der Waals surface area (Å²) in [5, 5.41) is 14.6. The van der Waals surface area contributed by atoms with Gasteiger partial charge in [0.05, 0.1) is 11.8 Å². The summed E-state index contributed by atoms with van der Waals surface area (Å²) in [4.78, 5) is 0. The molecule has 0 saturated carbocycles. The highest BCUT2D eigenvalue weighted by atomic mass is 35.5. The minimum absolute atomic E-state index is 0.115. The number of rotatable bonds is 2. The first kappa shape index (κ1) is 12.9. The minimum atomic E-state index is -0.267. The van der Waals surface area contributed by atoms with Crippen LogP contribution in [0.5, 0.6) is 5.75 Å². The Labute approximate surface area is 120 Å². The van der Waals surface area contributed by atoms with Crippen LogP contribution in [0.15, 0.2) is 47.6 Å². The van der Waals surface area contributed by atoms with Gasteiger partial charge in [0.2, 0.25) is 0 Å². The van der Waals surface area contributed by atoms with Crippen LogP contribution in [0.1, 0.15) is 23.6 Å². The van der Waals surface area contributed by atoms with E-state index in [0.29, 0.717) is 28.3 Å². The van der Waals surface area contributed by atoms with E-state index in [-0.39, 0.29) is 17.6 Å². The van der Waals surface area contributed by atoms with E-state index >= 15 is 0 Å². The zero-order chi connectivity index (χ0) is 14.1. The van der Waals surface area contributed by atoms with Crippen molar-refractivity contribution in [3.05, 3.63) is 64.4 Å². The van der Waals surface area contributed by atoms with Gasteiger partial charge in [-0.2, -0.15) is 5.10 Å². The third-order valence-corrected chi connectivity index (χ3v) is 3.54. The normalized spacial score (nSPS) is 17.7. The molecule has 1 aliphatic heterocycles. The fraction of sp³-hybridized carbons (Fsp3) is 0.133. The molecule has 3 rings (SSSR count). The number of hydrogen-bond donors (Lipinski definition) is 2. The molecule has 0 aliphatic carbocycles. The van der Waals surface area contributed by atoms with Gasteiger partial charge >= 0.3 is 0 Å². The Hall–Kier alpha value is -2.07. The molecule has 0 bridgehead atoms. The fourth-order valence-electron chi connectivity index (χ4n) is 2.29. The van der Waals surface area contributed by atoms with E-state index in [1.807, 2.05) is 0 Å². The average Bonchev–Trinajstić information content (AvgIpc) is 2.91. The summed E-state index contributed by atoms with van der Waals surface area (Å²) in [6, 6.07) is 11.1. The van der Waals surface area contributed by atoms with Crippen LogP contribution in [0.2, 0.25) is 5.02 Å². The van der Waals surface area contributed by atoms with Gasteiger partial charge in [-0.1, -0.05) is 29.8 Å². The Morgan fingerprint density at radius 2 is 2.05 bits per heavy atom.